The molecule has 0 saturated carbocycles. The molecule has 0 fully saturated rings. The van der Waals surface area contributed by atoms with E-state index in [0.717, 1.165) is 59.1 Å². The van der Waals surface area contributed by atoms with Crippen LogP contribution in [0.25, 0.3) is 16.7 Å². The standard InChI is InChI=1S/C43H70O12/c1-9-10-11-14-39-33-40(54-36(5)52-30-28-50-26-24-48-22-20-46-18-16-44-7)42(38-15-12-13-35(4)32-38)43(41(39)34(2)3)55-37(6)53-31-29-51-27-25-49-23-21-47-19-17-45-8/h12-13,15,32-33,36-37H,2,9-11,14,16-31H2,1,3-8H3. The van der Waals surface area contributed by atoms with Gasteiger partial charge in [-0.25, -0.2) is 0 Å². The largest absolute Gasteiger partial charge is 0.464 e. The number of allylic oxidation sites excluding steroid dienone is 1. The van der Waals surface area contributed by atoms with Crippen LogP contribution < -0.4 is 9.47 Å². The van der Waals surface area contributed by atoms with Gasteiger partial charge in [-0.05, 0) is 63.3 Å². The monoisotopic (exact) mass is 778 g/mol. The van der Waals surface area contributed by atoms with Crippen molar-refractivity contribution in [2.75, 3.05) is 120 Å². The van der Waals surface area contributed by atoms with Gasteiger partial charge in [0.05, 0.1) is 111 Å². The van der Waals surface area contributed by atoms with Gasteiger partial charge in [-0.2, -0.15) is 0 Å². The van der Waals surface area contributed by atoms with E-state index in [4.69, 9.17) is 56.8 Å². The van der Waals surface area contributed by atoms with Gasteiger partial charge in [0.1, 0.15) is 11.5 Å². The summed E-state index contributed by atoms with van der Waals surface area (Å²) in [6.45, 7) is 22.2. The average molecular weight is 779 g/mol. The van der Waals surface area contributed by atoms with Crippen molar-refractivity contribution < 1.29 is 56.8 Å². The fraction of sp³-hybridized carbons (Fsp3) is 0.674. The number of methoxy groups -OCH3 is 2. The molecular formula is C43H70O12. The van der Waals surface area contributed by atoms with E-state index < -0.39 is 12.6 Å². The highest BCUT2D eigenvalue weighted by Crippen LogP contribution is 2.46. The maximum absolute atomic E-state index is 6.73. The first-order valence-electron chi connectivity index (χ1n) is 19.8. The molecule has 0 aromatic heterocycles. The van der Waals surface area contributed by atoms with Gasteiger partial charge in [0, 0.05) is 19.8 Å². The van der Waals surface area contributed by atoms with Crippen molar-refractivity contribution in [1.82, 2.24) is 0 Å². The Hall–Kier alpha value is -2.62. The molecule has 0 aliphatic heterocycles. The second-order valence-corrected chi connectivity index (χ2v) is 13.0. The van der Waals surface area contributed by atoms with Crippen LogP contribution in [0.3, 0.4) is 0 Å². The first-order valence-corrected chi connectivity index (χ1v) is 19.8. The number of unbranched alkanes of at least 4 members (excludes halogenated alkanes) is 2. The lowest BCUT2D eigenvalue weighted by atomic mass is 9.90. The van der Waals surface area contributed by atoms with Gasteiger partial charge in [-0.3, -0.25) is 0 Å². The summed E-state index contributed by atoms with van der Waals surface area (Å²) in [5, 5.41) is 0. The van der Waals surface area contributed by atoms with Gasteiger partial charge < -0.3 is 56.8 Å². The first kappa shape index (κ1) is 48.5. The van der Waals surface area contributed by atoms with E-state index in [1.165, 1.54) is 0 Å². The number of ether oxygens (including phenoxy) is 12. The van der Waals surface area contributed by atoms with Crippen LogP contribution in [0.15, 0.2) is 36.9 Å². The summed E-state index contributed by atoms with van der Waals surface area (Å²) in [6.07, 6.45) is 2.97. The van der Waals surface area contributed by atoms with Crippen molar-refractivity contribution in [3.63, 3.8) is 0 Å². The molecule has 2 unspecified atom stereocenters. The highest BCUT2D eigenvalue weighted by Gasteiger charge is 2.25. The molecule has 0 N–H and O–H groups in total. The van der Waals surface area contributed by atoms with Crippen LogP contribution in [0.2, 0.25) is 0 Å². The Morgan fingerprint density at radius 3 is 1.55 bits per heavy atom. The minimum absolute atomic E-state index is 0.353. The summed E-state index contributed by atoms with van der Waals surface area (Å²) >= 11 is 0. The van der Waals surface area contributed by atoms with E-state index in [1.807, 2.05) is 26.8 Å². The Labute approximate surface area is 330 Å². The van der Waals surface area contributed by atoms with Crippen molar-refractivity contribution in [3.05, 3.63) is 53.6 Å². The lowest BCUT2D eigenvalue weighted by molar-refractivity contribution is -0.0891. The van der Waals surface area contributed by atoms with E-state index in [9.17, 15) is 0 Å². The predicted molar refractivity (Wildman–Crippen MR) is 215 cm³/mol. The minimum Gasteiger partial charge on any atom is -0.464 e. The molecule has 0 aliphatic carbocycles. The molecule has 55 heavy (non-hydrogen) atoms. The van der Waals surface area contributed by atoms with Crippen LogP contribution in [0.5, 0.6) is 11.5 Å². The molecule has 2 rings (SSSR count). The highest BCUT2D eigenvalue weighted by molar-refractivity contribution is 5.86. The highest BCUT2D eigenvalue weighted by atomic mass is 16.7. The fourth-order valence-corrected chi connectivity index (χ4v) is 5.53. The molecule has 0 bridgehead atoms. The second-order valence-electron chi connectivity index (χ2n) is 13.0. The normalized spacial score (nSPS) is 12.6. The van der Waals surface area contributed by atoms with Gasteiger partial charge in [0.25, 0.3) is 0 Å². The molecular weight excluding hydrogens is 708 g/mol. The molecule has 0 saturated heterocycles. The molecule has 0 heterocycles. The van der Waals surface area contributed by atoms with Crippen LogP contribution in [-0.4, -0.2) is 133 Å². The van der Waals surface area contributed by atoms with Crippen LogP contribution >= 0.6 is 0 Å². The summed E-state index contributed by atoms with van der Waals surface area (Å²) in [4.78, 5) is 0. The Balaban J connectivity index is 2.11. The summed E-state index contributed by atoms with van der Waals surface area (Å²) in [7, 11) is 3.30. The lowest BCUT2D eigenvalue weighted by Gasteiger charge is -2.27. The number of aryl methyl sites for hydroxylation is 2. The van der Waals surface area contributed by atoms with Gasteiger partial charge in [-0.1, -0.05) is 56.2 Å². The molecule has 2 aromatic rings. The fourth-order valence-electron chi connectivity index (χ4n) is 5.53. The van der Waals surface area contributed by atoms with Crippen LogP contribution in [0.1, 0.15) is 63.6 Å². The Morgan fingerprint density at radius 1 is 0.618 bits per heavy atom. The van der Waals surface area contributed by atoms with Gasteiger partial charge in [0.2, 0.25) is 0 Å². The average Bonchev–Trinajstić information content (AvgIpc) is 3.15. The number of rotatable bonds is 36. The second kappa shape index (κ2) is 31.5. The van der Waals surface area contributed by atoms with Crippen molar-refractivity contribution in [3.8, 4) is 22.6 Å². The van der Waals surface area contributed by atoms with E-state index in [2.05, 4.69) is 44.7 Å². The van der Waals surface area contributed by atoms with E-state index >= 15 is 0 Å². The van der Waals surface area contributed by atoms with Crippen molar-refractivity contribution in [2.24, 2.45) is 0 Å². The van der Waals surface area contributed by atoms with E-state index in [1.54, 1.807) is 14.2 Å². The Kier molecular flexibility index (Phi) is 27.8. The number of hydrogen-bond acceptors (Lipinski definition) is 12. The lowest BCUT2D eigenvalue weighted by Crippen LogP contribution is -2.22. The number of benzene rings is 2. The molecule has 0 spiro atoms. The first-order chi connectivity index (χ1) is 26.8. The molecule has 0 radical (unpaired) electrons. The molecule has 2 aromatic carbocycles. The molecule has 12 heteroatoms. The maximum Gasteiger partial charge on any atom is 0.197 e. The molecule has 0 aliphatic rings. The van der Waals surface area contributed by atoms with Crippen molar-refractivity contribution in [2.45, 2.75) is 72.9 Å². The van der Waals surface area contributed by atoms with E-state index in [0.29, 0.717) is 117 Å². The van der Waals surface area contributed by atoms with Crippen LogP contribution in [0, 0.1) is 6.92 Å². The molecule has 314 valence electrons. The third-order valence-electron chi connectivity index (χ3n) is 8.20. The third-order valence-corrected chi connectivity index (χ3v) is 8.20. The van der Waals surface area contributed by atoms with Crippen LogP contribution in [0.4, 0.5) is 0 Å². The van der Waals surface area contributed by atoms with Crippen molar-refractivity contribution in [1.29, 1.82) is 0 Å². The van der Waals surface area contributed by atoms with E-state index in [-0.39, 0.29) is 0 Å². The van der Waals surface area contributed by atoms with Gasteiger partial charge in [0.15, 0.2) is 12.6 Å². The molecule has 2 atom stereocenters. The van der Waals surface area contributed by atoms with Crippen LogP contribution in [-0.2, 0) is 53.8 Å². The predicted octanol–water partition coefficient (Wildman–Crippen LogP) is 7.30. The topological polar surface area (TPSA) is 111 Å². The Morgan fingerprint density at radius 2 is 1.09 bits per heavy atom. The van der Waals surface area contributed by atoms with Gasteiger partial charge >= 0.3 is 0 Å². The summed E-state index contributed by atoms with van der Waals surface area (Å²) in [6, 6.07) is 10.4. The quantitative estimate of drug-likeness (QED) is 0.0512. The summed E-state index contributed by atoms with van der Waals surface area (Å²) < 4.78 is 68.8. The zero-order chi connectivity index (χ0) is 39.9. The smallest absolute Gasteiger partial charge is 0.197 e. The molecule has 0 amide bonds. The summed E-state index contributed by atoms with van der Waals surface area (Å²) in [5.41, 5.74) is 5.90. The Bertz CT molecular complexity index is 1270. The zero-order valence-electron chi connectivity index (χ0n) is 34.8. The maximum atomic E-state index is 6.73. The van der Waals surface area contributed by atoms with Gasteiger partial charge in [-0.15, -0.1) is 0 Å². The number of hydrogen-bond donors (Lipinski definition) is 0. The summed E-state index contributed by atoms with van der Waals surface area (Å²) in [5.74, 6) is 1.35. The minimum atomic E-state index is -0.581. The third kappa shape index (κ3) is 21.5. The zero-order valence-corrected chi connectivity index (χ0v) is 34.8. The molecule has 12 nitrogen and oxygen atoms in total. The SMILES string of the molecule is C=C(C)c1c(CCCCC)cc(OC(C)OCCOCCOCCOCCOC)c(-c2cccc(C)c2)c1OC(C)OCCOCCOCCOCCOC. The van der Waals surface area contributed by atoms with Crippen molar-refractivity contribution >= 4 is 5.57 Å².